The summed E-state index contributed by atoms with van der Waals surface area (Å²) in [5, 5.41) is 6.87. The minimum Gasteiger partial charge on any atom is -0.314 e. The van der Waals surface area contributed by atoms with Gasteiger partial charge in [0.1, 0.15) is 0 Å². The molecule has 0 aliphatic rings. The van der Waals surface area contributed by atoms with Gasteiger partial charge in [-0.2, -0.15) is 0 Å². The molecule has 16 heavy (non-hydrogen) atoms. The number of aryl methyl sites for hydroxylation is 1. The van der Waals surface area contributed by atoms with Gasteiger partial charge < -0.3 is 10.6 Å². The zero-order valence-corrected chi connectivity index (χ0v) is 10.7. The molecule has 0 spiro atoms. The Bertz CT molecular complexity index is 277. The Morgan fingerprint density at radius 3 is 2.38 bits per heavy atom. The molecule has 0 atom stereocenters. The molecule has 0 bridgehead atoms. The Morgan fingerprint density at radius 1 is 1.06 bits per heavy atom. The highest BCUT2D eigenvalue weighted by Crippen LogP contribution is 2.02. The predicted octanol–water partition coefficient (Wildman–Crippen LogP) is 2.47. The lowest BCUT2D eigenvalue weighted by atomic mass is 10.1. The van der Waals surface area contributed by atoms with Crippen LogP contribution in [0.3, 0.4) is 0 Å². The summed E-state index contributed by atoms with van der Waals surface area (Å²) in [7, 11) is 0. The summed E-state index contributed by atoms with van der Waals surface area (Å²) in [6.45, 7) is 9.63. The van der Waals surface area contributed by atoms with E-state index < -0.39 is 0 Å². The number of hydrogen-bond acceptors (Lipinski definition) is 2. The average Bonchev–Trinajstić information content (AvgIpc) is 2.25. The van der Waals surface area contributed by atoms with Crippen LogP contribution in [0.25, 0.3) is 0 Å². The normalized spacial score (nSPS) is 11.0. The second kappa shape index (κ2) is 7.42. The van der Waals surface area contributed by atoms with E-state index in [0.29, 0.717) is 6.04 Å². The van der Waals surface area contributed by atoms with Crippen molar-refractivity contribution in [2.75, 3.05) is 13.1 Å². The number of nitrogens with one attached hydrogen (secondary N) is 2. The van der Waals surface area contributed by atoms with Gasteiger partial charge in [0.25, 0.3) is 0 Å². The summed E-state index contributed by atoms with van der Waals surface area (Å²) in [4.78, 5) is 0. The largest absolute Gasteiger partial charge is 0.314 e. The maximum Gasteiger partial charge on any atom is 0.0205 e. The summed E-state index contributed by atoms with van der Waals surface area (Å²) in [5.74, 6) is 0. The first kappa shape index (κ1) is 13.2. The molecule has 90 valence electrons. The first-order valence-corrected chi connectivity index (χ1v) is 6.18. The van der Waals surface area contributed by atoms with Crippen LogP contribution in [0.5, 0.6) is 0 Å². The van der Waals surface area contributed by atoms with Crippen molar-refractivity contribution < 1.29 is 0 Å². The lowest BCUT2D eigenvalue weighted by molar-refractivity contribution is 0.547. The Balaban J connectivity index is 2.05. The van der Waals surface area contributed by atoms with Gasteiger partial charge in [-0.05, 0) is 32.0 Å². The van der Waals surface area contributed by atoms with Crippen LogP contribution >= 0.6 is 0 Å². The molecule has 2 heteroatoms. The molecule has 0 aliphatic carbocycles. The molecule has 0 heterocycles. The van der Waals surface area contributed by atoms with Crippen molar-refractivity contribution in [1.29, 1.82) is 0 Å². The van der Waals surface area contributed by atoms with Gasteiger partial charge in [0.05, 0.1) is 0 Å². The summed E-state index contributed by atoms with van der Waals surface area (Å²) in [6.07, 6.45) is 1.18. The van der Waals surface area contributed by atoms with Gasteiger partial charge in [-0.3, -0.25) is 0 Å². The first-order chi connectivity index (χ1) is 7.68. The zero-order valence-electron chi connectivity index (χ0n) is 10.7. The fourth-order valence-electron chi connectivity index (χ4n) is 1.54. The molecule has 2 N–H and O–H groups in total. The van der Waals surface area contributed by atoms with E-state index in [9.17, 15) is 0 Å². The van der Waals surface area contributed by atoms with E-state index in [4.69, 9.17) is 0 Å². The second-order valence-electron chi connectivity index (χ2n) is 4.62. The van der Waals surface area contributed by atoms with Gasteiger partial charge >= 0.3 is 0 Å². The standard InChI is InChI=1S/C14H24N2/c1-12(2)16-10-4-9-15-11-14-7-5-13(3)6-8-14/h5-8,12,15-16H,4,9-11H2,1-3H3. The molecule has 0 saturated heterocycles. The fourth-order valence-corrected chi connectivity index (χ4v) is 1.54. The maximum atomic E-state index is 3.45. The van der Waals surface area contributed by atoms with Crippen molar-refractivity contribution in [3.05, 3.63) is 35.4 Å². The molecule has 2 nitrogen and oxygen atoms in total. The Morgan fingerprint density at radius 2 is 1.75 bits per heavy atom. The lowest BCUT2D eigenvalue weighted by Crippen LogP contribution is -2.26. The summed E-state index contributed by atoms with van der Waals surface area (Å²) in [5.41, 5.74) is 2.69. The second-order valence-corrected chi connectivity index (χ2v) is 4.62. The highest BCUT2D eigenvalue weighted by atomic mass is 14.9. The maximum absolute atomic E-state index is 3.45. The topological polar surface area (TPSA) is 24.1 Å². The third-order valence-corrected chi connectivity index (χ3v) is 2.53. The molecule has 0 saturated carbocycles. The van der Waals surface area contributed by atoms with Crippen LogP contribution in [-0.2, 0) is 6.54 Å². The summed E-state index contributed by atoms with van der Waals surface area (Å²) in [6, 6.07) is 9.30. The SMILES string of the molecule is Cc1ccc(CNCCCNC(C)C)cc1. The Hall–Kier alpha value is -0.860. The third kappa shape index (κ3) is 5.89. The molecule has 0 fully saturated rings. The van der Waals surface area contributed by atoms with Crippen LogP contribution < -0.4 is 10.6 Å². The number of benzene rings is 1. The quantitative estimate of drug-likeness (QED) is 0.690. The van der Waals surface area contributed by atoms with E-state index in [-0.39, 0.29) is 0 Å². The van der Waals surface area contributed by atoms with Gasteiger partial charge in [0.2, 0.25) is 0 Å². The van der Waals surface area contributed by atoms with E-state index in [1.807, 2.05) is 0 Å². The van der Waals surface area contributed by atoms with Crippen LogP contribution in [0.2, 0.25) is 0 Å². The van der Waals surface area contributed by atoms with Crippen molar-refractivity contribution in [2.24, 2.45) is 0 Å². The minimum atomic E-state index is 0.595. The molecule has 1 rings (SSSR count). The van der Waals surface area contributed by atoms with E-state index in [2.05, 4.69) is 55.7 Å². The van der Waals surface area contributed by atoms with Gasteiger partial charge in [-0.1, -0.05) is 43.7 Å². The van der Waals surface area contributed by atoms with Crippen molar-refractivity contribution in [1.82, 2.24) is 10.6 Å². The zero-order chi connectivity index (χ0) is 11.8. The van der Waals surface area contributed by atoms with E-state index in [0.717, 1.165) is 19.6 Å². The molecular formula is C14H24N2. The molecule has 0 amide bonds. The molecule has 0 aliphatic heterocycles. The van der Waals surface area contributed by atoms with E-state index >= 15 is 0 Å². The van der Waals surface area contributed by atoms with Gasteiger partial charge in [0.15, 0.2) is 0 Å². The molecule has 0 unspecified atom stereocenters. The lowest BCUT2D eigenvalue weighted by Gasteiger charge is -2.08. The molecule has 1 aromatic rings. The fraction of sp³-hybridized carbons (Fsp3) is 0.571. The average molecular weight is 220 g/mol. The highest BCUT2D eigenvalue weighted by Gasteiger charge is 1.93. The van der Waals surface area contributed by atoms with Crippen LogP contribution in [0.4, 0.5) is 0 Å². The van der Waals surface area contributed by atoms with Crippen LogP contribution in [0, 0.1) is 6.92 Å². The van der Waals surface area contributed by atoms with Crippen LogP contribution in [0.1, 0.15) is 31.4 Å². The molecule has 1 aromatic carbocycles. The minimum absolute atomic E-state index is 0.595. The molecule has 0 radical (unpaired) electrons. The van der Waals surface area contributed by atoms with Crippen molar-refractivity contribution in [3.8, 4) is 0 Å². The van der Waals surface area contributed by atoms with Crippen LogP contribution in [0.15, 0.2) is 24.3 Å². The summed E-state index contributed by atoms with van der Waals surface area (Å²) < 4.78 is 0. The van der Waals surface area contributed by atoms with Crippen molar-refractivity contribution >= 4 is 0 Å². The van der Waals surface area contributed by atoms with E-state index in [1.54, 1.807) is 0 Å². The summed E-state index contributed by atoms with van der Waals surface area (Å²) >= 11 is 0. The van der Waals surface area contributed by atoms with Gasteiger partial charge in [-0.15, -0.1) is 0 Å². The number of hydrogen-bond donors (Lipinski definition) is 2. The third-order valence-electron chi connectivity index (χ3n) is 2.53. The van der Waals surface area contributed by atoms with Gasteiger partial charge in [0, 0.05) is 12.6 Å². The van der Waals surface area contributed by atoms with Crippen molar-refractivity contribution in [3.63, 3.8) is 0 Å². The predicted molar refractivity (Wildman–Crippen MR) is 70.6 cm³/mol. The van der Waals surface area contributed by atoms with Gasteiger partial charge in [-0.25, -0.2) is 0 Å². The Labute approximate surface area is 99.5 Å². The monoisotopic (exact) mass is 220 g/mol. The smallest absolute Gasteiger partial charge is 0.0205 e. The van der Waals surface area contributed by atoms with E-state index in [1.165, 1.54) is 17.5 Å². The highest BCUT2D eigenvalue weighted by molar-refractivity contribution is 5.20. The molecule has 0 aromatic heterocycles. The molecular weight excluding hydrogens is 196 g/mol. The first-order valence-electron chi connectivity index (χ1n) is 6.18. The Kier molecular flexibility index (Phi) is 6.12. The van der Waals surface area contributed by atoms with Crippen LogP contribution in [-0.4, -0.2) is 19.1 Å². The number of rotatable bonds is 7. The van der Waals surface area contributed by atoms with Crippen molar-refractivity contribution in [2.45, 2.75) is 39.8 Å².